The molecule has 1 aliphatic rings. The number of halogens is 1. The minimum absolute atomic E-state index is 0.615. The van der Waals surface area contributed by atoms with Crippen molar-refractivity contribution >= 4 is 28.8 Å². The van der Waals surface area contributed by atoms with Crippen molar-refractivity contribution in [3.63, 3.8) is 0 Å². The first-order valence-corrected chi connectivity index (χ1v) is 9.04. The first-order valence-electron chi connectivity index (χ1n) is 8.66. The topological polar surface area (TPSA) is 59.1 Å². The van der Waals surface area contributed by atoms with Gasteiger partial charge >= 0.3 is 0 Å². The van der Waals surface area contributed by atoms with Crippen LogP contribution in [0.1, 0.15) is 29.6 Å². The van der Waals surface area contributed by atoms with E-state index in [1.54, 1.807) is 0 Å². The Kier molecular flexibility index (Phi) is 4.69. The quantitative estimate of drug-likeness (QED) is 0.688. The van der Waals surface area contributed by atoms with E-state index in [-0.39, 0.29) is 0 Å². The van der Waals surface area contributed by atoms with Gasteiger partial charge in [0.2, 0.25) is 0 Å². The van der Waals surface area contributed by atoms with E-state index in [2.05, 4.69) is 10.5 Å². The highest BCUT2D eigenvalue weighted by Crippen LogP contribution is 2.29. The van der Waals surface area contributed by atoms with E-state index in [0.29, 0.717) is 28.9 Å². The van der Waals surface area contributed by atoms with Crippen molar-refractivity contribution in [1.29, 1.82) is 0 Å². The maximum Gasteiger partial charge on any atom is 0.155 e. The number of nitrogens with one attached hydrogen (secondary N) is 1. The molecule has 0 bridgehead atoms. The van der Waals surface area contributed by atoms with Crippen LogP contribution in [0.25, 0.3) is 0 Å². The first kappa shape index (κ1) is 17.4. The van der Waals surface area contributed by atoms with E-state index in [1.165, 1.54) is 0 Å². The van der Waals surface area contributed by atoms with Gasteiger partial charge in [0, 0.05) is 16.1 Å². The number of fused-ring (bicyclic) bond motifs is 1. The fourth-order valence-electron chi connectivity index (χ4n) is 2.86. The number of ether oxygens (including phenoxy) is 1. The Morgan fingerprint density at radius 3 is 2.59 bits per heavy atom. The summed E-state index contributed by atoms with van der Waals surface area (Å²) in [6.07, 6.45) is 0. The third-order valence-corrected chi connectivity index (χ3v) is 4.37. The summed E-state index contributed by atoms with van der Waals surface area (Å²) in [5.41, 5.74) is 6.20. The standard InChI is InChI=1S/C21H18ClN3O2/c1-3-26-16-8-5-14(6-9-16)21-23-18-10-7-15(22)12-17(18)20(24-25-21)19-11-4-13(2)27-19/h4-12H,3H2,1-2H3,(H,23,25). The largest absolute Gasteiger partial charge is 0.494 e. The Hall–Kier alpha value is -3.05. The number of rotatable bonds is 4. The monoisotopic (exact) mass is 379 g/mol. The van der Waals surface area contributed by atoms with Crippen LogP contribution in [0.5, 0.6) is 5.75 Å². The number of hydrogen-bond donors (Lipinski definition) is 1. The molecule has 1 aliphatic heterocycles. The predicted molar refractivity (Wildman–Crippen MR) is 107 cm³/mol. The molecule has 1 aromatic heterocycles. The number of nitrogens with zero attached hydrogens (tertiary/aromatic N) is 2. The van der Waals surface area contributed by atoms with E-state index < -0.39 is 0 Å². The Morgan fingerprint density at radius 1 is 1.07 bits per heavy atom. The molecule has 27 heavy (non-hydrogen) atoms. The Balaban J connectivity index is 1.78. The molecule has 0 radical (unpaired) electrons. The smallest absolute Gasteiger partial charge is 0.155 e. The molecular formula is C21H18ClN3O2. The molecule has 0 fully saturated rings. The number of amidine groups is 1. The lowest BCUT2D eigenvalue weighted by atomic mass is 10.1. The summed E-state index contributed by atoms with van der Waals surface area (Å²) in [6.45, 7) is 4.48. The lowest BCUT2D eigenvalue weighted by molar-refractivity contribution is 0.340. The van der Waals surface area contributed by atoms with Crippen LogP contribution in [0.3, 0.4) is 0 Å². The summed E-state index contributed by atoms with van der Waals surface area (Å²) in [4.78, 5) is 4.76. The Bertz CT molecular complexity index is 1040. The van der Waals surface area contributed by atoms with Crippen molar-refractivity contribution in [2.75, 3.05) is 6.61 Å². The minimum atomic E-state index is 0.615. The summed E-state index contributed by atoms with van der Waals surface area (Å²) in [5.74, 6) is 2.93. The molecule has 0 atom stereocenters. The Morgan fingerprint density at radius 2 is 1.89 bits per heavy atom. The molecule has 6 heteroatoms. The van der Waals surface area contributed by atoms with Gasteiger partial charge in [-0.2, -0.15) is 5.10 Å². The number of furan rings is 1. The number of aliphatic imine (C=N–C) groups is 1. The number of aryl methyl sites for hydroxylation is 1. The molecule has 1 N–H and O–H groups in total. The van der Waals surface area contributed by atoms with Crippen molar-refractivity contribution in [3.05, 3.63) is 82.3 Å². The SMILES string of the molecule is CCOc1ccc(C2=Nc3ccc(Cl)cc3C(c3ccc(C)o3)=NN2)cc1. The van der Waals surface area contributed by atoms with Gasteiger partial charge in [0.1, 0.15) is 17.2 Å². The van der Waals surface area contributed by atoms with Crippen LogP contribution >= 0.6 is 11.6 Å². The summed E-state index contributed by atoms with van der Waals surface area (Å²) in [7, 11) is 0. The lowest BCUT2D eigenvalue weighted by Crippen LogP contribution is -2.19. The van der Waals surface area contributed by atoms with Gasteiger partial charge in [-0.3, -0.25) is 5.43 Å². The first-order chi connectivity index (χ1) is 13.1. The van der Waals surface area contributed by atoms with Crippen molar-refractivity contribution in [1.82, 2.24) is 5.43 Å². The zero-order valence-corrected chi connectivity index (χ0v) is 15.7. The number of hydrogen-bond acceptors (Lipinski definition) is 5. The van der Waals surface area contributed by atoms with Gasteiger partial charge in [-0.05, 0) is 68.4 Å². The molecule has 2 heterocycles. The van der Waals surface area contributed by atoms with Crippen LogP contribution in [-0.4, -0.2) is 18.2 Å². The molecule has 0 unspecified atom stereocenters. The van der Waals surface area contributed by atoms with Gasteiger partial charge in [-0.15, -0.1) is 0 Å². The second kappa shape index (κ2) is 7.29. The molecule has 0 saturated carbocycles. The fourth-order valence-corrected chi connectivity index (χ4v) is 3.04. The summed E-state index contributed by atoms with van der Waals surface area (Å²) in [5, 5.41) is 5.17. The summed E-state index contributed by atoms with van der Waals surface area (Å²) in [6, 6.07) is 17.1. The van der Waals surface area contributed by atoms with Crippen molar-refractivity contribution in [2.24, 2.45) is 10.1 Å². The average molecular weight is 380 g/mol. The van der Waals surface area contributed by atoms with Gasteiger partial charge in [-0.25, -0.2) is 4.99 Å². The van der Waals surface area contributed by atoms with Gasteiger partial charge in [0.15, 0.2) is 11.6 Å². The van der Waals surface area contributed by atoms with Gasteiger partial charge < -0.3 is 9.15 Å². The fraction of sp³-hybridized carbons (Fsp3) is 0.143. The van der Waals surface area contributed by atoms with Crippen LogP contribution in [0.4, 0.5) is 5.69 Å². The van der Waals surface area contributed by atoms with Crippen molar-refractivity contribution in [2.45, 2.75) is 13.8 Å². The minimum Gasteiger partial charge on any atom is -0.494 e. The van der Waals surface area contributed by atoms with Gasteiger partial charge in [0.25, 0.3) is 0 Å². The molecule has 0 saturated heterocycles. The second-order valence-electron chi connectivity index (χ2n) is 6.06. The maximum absolute atomic E-state index is 6.22. The molecule has 0 spiro atoms. The summed E-state index contributed by atoms with van der Waals surface area (Å²) < 4.78 is 11.3. The predicted octanol–water partition coefficient (Wildman–Crippen LogP) is 5.07. The maximum atomic E-state index is 6.22. The normalized spacial score (nSPS) is 13.1. The van der Waals surface area contributed by atoms with E-state index in [9.17, 15) is 0 Å². The van der Waals surface area contributed by atoms with Crippen molar-refractivity contribution < 1.29 is 9.15 Å². The molecule has 2 aromatic carbocycles. The van der Waals surface area contributed by atoms with Crippen LogP contribution in [-0.2, 0) is 0 Å². The zero-order chi connectivity index (χ0) is 18.8. The molecule has 0 aliphatic carbocycles. The highest BCUT2D eigenvalue weighted by atomic mass is 35.5. The second-order valence-corrected chi connectivity index (χ2v) is 6.50. The third-order valence-electron chi connectivity index (χ3n) is 4.13. The number of hydrazone groups is 1. The van der Waals surface area contributed by atoms with Crippen molar-refractivity contribution in [3.8, 4) is 5.75 Å². The van der Waals surface area contributed by atoms with Gasteiger partial charge in [0.05, 0.1) is 12.3 Å². The lowest BCUT2D eigenvalue weighted by Gasteiger charge is -2.07. The molecule has 5 nitrogen and oxygen atoms in total. The Labute approximate surface area is 162 Å². The van der Waals surface area contributed by atoms with E-state index >= 15 is 0 Å². The third kappa shape index (κ3) is 3.59. The van der Waals surface area contributed by atoms with Crippen LogP contribution in [0.2, 0.25) is 5.02 Å². The van der Waals surface area contributed by atoms with Crippen LogP contribution in [0, 0.1) is 6.92 Å². The molecular weight excluding hydrogens is 362 g/mol. The molecule has 136 valence electrons. The zero-order valence-electron chi connectivity index (χ0n) is 15.0. The molecule has 3 aromatic rings. The highest BCUT2D eigenvalue weighted by Gasteiger charge is 2.20. The van der Waals surface area contributed by atoms with Gasteiger partial charge in [-0.1, -0.05) is 11.6 Å². The van der Waals surface area contributed by atoms with E-state index in [1.807, 2.05) is 68.4 Å². The average Bonchev–Trinajstić information content (AvgIpc) is 3.00. The van der Waals surface area contributed by atoms with E-state index in [0.717, 1.165) is 28.3 Å². The molecule has 4 rings (SSSR count). The van der Waals surface area contributed by atoms with Crippen LogP contribution < -0.4 is 10.2 Å². The number of benzene rings is 2. The van der Waals surface area contributed by atoms with Crippen LogP contribution in [0.15, 0.2) is 69.1 Å². The molecule has 0 amide bonds. The van der Waals surface area contributed by atoms with E-state index in [4.69, 9.17) is 25.7 Å². The highest BCUT2D eigenvalue weighted by molar-refractivity contribution is 6.31. The summed E-state index contributed by atoms with van der Waals surface area (Å²) >= 11 is 6.22.